The van der Waals surface area contributed by atoms with Gasteiger partial charge in [0.1, 0.15) is 0 Å². The molecule has 0 heterocycles. The van der Waals surface area contributed by atoms with E-state index in [0.717, 1.165) is 12.5 Å². The van der Waals surface area contributed by atoms with E-state index < -0.39 is 24.5 Å². The van der Waals surface area contributed by atoms with E-state index in [1.54, 1.807) is 17.4 Å². The Labute approximate surface area is 149 Å². The summed E-state index contributed by atoms with van der Waals surface area (Å²) in [6.07, 6.45) is 3.36. The van der Waals surface area contributed by atoms with E-state index in [4.69, 9.17) is 26.8 Å². The fourth-order valence-corrected chi connectivity index (χ4v) is 1.98. The van der Waals surface area contributed by atoms with E-state index in [1.807, 2.05) is 6.92 Å². The van der Waals surface area contributed by atoms with Crippen LogP contribution >= 0.6 is 11.6 Å². The lowest BCUT2D eigenvalue weighted by Gasteiger charge is -2.12. The normalized spacial score (nSPS) is 10.4. The summed E-state index contributed by atoms with van der Waals surface area (Å²) in [6, 6.07) is 2.21. The van der Waals surface area contributed by atoms with Crippen LogP contribution in [0.25, 0.3) is 6.08 Å². The molecule has 0 unspecified atom stereocenters. The second-order valence-corrected chi connectivity index (χ2v) is 5.14. The number of methoxy groups -OCH3 is 1. The van der Waals surface area contributed by atoms with Gasteiger partial charge in [-0.1, -0.05) is 18.5 Å². The van der Waals surface area contributed by atoms with Crippen LogP contribution in [0.3, 0.4) is 0 Å². The van der Waals surface area contributed by atoms with Crippen molar-refractivity contribution < 1.29 is 28.6 Å². The van der Waals surface area contributed by atoms with Crippen molar-refractivity contribution in [2.45, 2.75) is 13.3 Å². The molecular formula is C16H19ClN2O6. The van der Waals surface area contributed by atoms with E-state index in [2.05, 4.69) is 4.74 Å². The number of benzene rings is 1. The molecular weight excluding hydrogens is 352 g/mol. The maximum absolute atomic E-state index is 11.6. The molecule has 0 aliphatic carbocycles. The number of rotatable bonds is 8. The second-order valence-electron chi connectivity index (χ2n) is 4.74. The quantitative estimate of drug-likeness (QED) is 0.533. The number of primary amides is 1. The van der Waals surface area contributed by atoms with Gasteiger partial charge in [-0.25, -0.2) is 9.59 Å². The van der Waals surface area contributed by atoms with E-state index in [9.17, 15) is 14.4 Å². The van der Waals surface area contributed by atoms with Gasteiger partial charge < -0.3 is 19.9 Å². The van der Waals surface area contributed by atoms with Crippen molar-refractivity contribution >= 4 is 35.6 Å². The van der Waals surface area contributed by atoms with Gasteiger partial charge in [0.2, 0.25) is 0 Å². The Morgan fingerprint density at radius 3 is 2.64 bits per heavy atom. The van der Waals surface area contributed by atoms with Crippen LogP contribution in [-0.4, -0.2) is 38.2 Å². The summed E-state index contributed by atoms with van der Waals surface area (Å²) in [5.74, 6) is -0.749. The fourth-order valence-electron chi connectivity index (χ4n) is 1.70. The van der Waals surface area contributed by atoms with Crippen LogP contribution in [-0.2, 0) is 14.3 Å². The zero-order chi connectivity index (χ0) is 18.8. The molecule has 0 aliphatic heterocycles. The SMILES string of the molecule is CCCOc1c(Cl)cc(/C=C/C(=O)OCC(=O)NC(N)=O)cc1OC. The summed E-state index contributed by atoms with van der Waals surface area (Å²) in [5, 5.41) is 2.10. The van der Waals surface area contributed by atoms with Crippen LogP contribution in [0, 0.1) is 0 Å². The monoisotopic (exact) mass is 370 g/mol. The molecule has 3 amide bonds. The minimum atomic E-state index is -1.02. The predicted octanol–water partition coefficient (Wildman–Crippen LogP) is 1.89. The summed E-state index contributed by atoms with van der Waals surface area (Å²) in [5.41, 5.74) is 5.33. The Hall–Kier alpha value is -2.74. The van der Waals surface area contributed by atoms with Crippen molar-refractivity contribution in [2.24, 2.45) is 5.73 Å². The first-order valence-corrected chi connectivity index (χ1v) is 7.69. The summed E-state index contributed by atoms with van der Waals surface area (Å²) < 4.78 is 15.4. The van der Waals surface area contributed by atoms with Crippen molar-refractivity contribution in [1.29, 1.82) is 0 Å². The lowest BCUT2D eigenvalue weighted by atomic mass is 10.2. The first kappa shape index (κ1) is 20.3. The molecule has 1 aromatic carbocycles. The summed E-state index contributed by atoms with van der Waals surface area (Å²) in [4.78, 5) is 33.1. The predicted molar refractivity (Wildman–Crippen MR) is 91.5 cm³/mol. The number of carbonyl (C=O) groups is 3. The molecule has 0 spiro atoms. The lowest BCUT2D eigenvalue weighted by molar-refractivity contribution is -0.143. The van der Waals surface area contributed by atoms with Gasteiger partial charge in [0.25, 0.3) is 5.91 Å². The highest BCUT2D eigenvalue weighted by Gasteiger charge is 2.11. The second kappa shape index (κ2) is 10.2. The van der Waals surface area contributed by atoms with Crippen molar-refractivity contribution in [3.63, 3.8) is 0 Å². The topological polar surface area (TPSA) is 117 Å². The maximum atomic E-state index is 11.6. The Morgan fingerprint density at radius 2 is 2.04 bits per heavy atom. The van der Waals surface area contributed by atoms with Gasteiger partial charge in [0, 0.05) is 6.08 Å². The lowest BCUT2D eigenvalue weighted by Crippen LogP contribution is -2.37. The van der Waals surface area contributed by atoms with Crippen molar-refractivity contribution in [2.75, 3.05) is 20.3 Å². The number of hydrogen-bond acceptors (Lipinski definition) is 6. The first-order valence-electron chi connectivity index (χ1n) is 7.31. The number of carbonyl (C=O) groups excluding carboxylic acids is 3. The van der Waals surface area contributed by atoms with Crippen LogP contribution in [0.5, 0.6) is 11.5 Å². The number of amides is 3. The molecule has 136 valence electrons. The highest BCUT2D eigenvalue weighted by atomic mass is 35.5. The summed E-state index contributed by atoms with van der Waals surface area (Å²) in [6.45, 7) is 1.83. The third kappa shape index (κ3) is 7.13. The zero-order valence-corrected chi connectivity index (χ0v) is 14.6. The standard InChI is InChI=1S/C16H19ClN2O6/c1-3-6-24-15-11(17)7-10(8-12(15)23-2)4-5-14(21)25-9-13(20)19-16(18)22/h4-5,7-8H,3,6,9H2,1-2H3,(H3,18,19,20,22)/b5-4+. The Balaban J connectivity index is 2.73. The number of nitrogens with two attached hydrogens (primary N) is 1. The number of esters is 1. The Morgan fingerprint density at radius 1 is 1.32 bits per heavy atom. The molecule has 0 saturated heterocycles. The highest BCUT2D eigenvalue weighted by molar-refractivity contribution is 6.32. The van der Waals surface area contributed by atoms with Gasteiger partial charge in [0.15, 0.2) is 18.1 Å². The number of urea groups is 1. The molecule has 0 aromatic heterocycles. The van der Waals surface area contributed by atoms with Crippen molar-refractivity contribution in [1.82, 2.24) is 5.32 Å². The van der Waals surface area contributed by atoms with E-state index in [-0.39, 0.29) is 0 Å². The van der Waals surface area contributed by atoms with Gasteiger partial charge in [-0.15, -0.1) is 0 Å². The van der Waals surface area contributed by atoms with Crippen LogP contribution in [0.15, 0.2) is 18.2 Å². The van der Waals surface area contributed by atoms with Crippen molar-refractivity contribution in [3.05, 3.63) is 28.8 Å². The van der Waals surface area contributed by atoms with Gasteiger partial charge in [0.05, 0.1) is 18.7 Å². The maximum Gasteiger partial charge on any atom is 0.331 e. The molecule has 0 bridgehead atoms. The van der Waals surface area contributed by atoms with Gasteiger partial charge in [-0.2, -0.15) is 0 Å². The number of hydrogen-bond donors (Lipinski definition) is 2. The molecule has 0 fully saturated rings. The first-order chi connectivity index (χ1) is 11.9. The molecule has 0 aliphatic rings. The number of nitrogens with one attached hydrogen (secondary N) is 1. The largest absolute Gasteiger partial charge is 0.493 e. The molecule has 0 radical (unpaired) electrons. The Bertz CT molecular complexity index is 675. The average molecular weight is 371 g/mol. The van der Waals surface area contributed by atoms with E-state index >= 15 is 0 Å². The minimum absolute atomic E-state index is 0.335. The van der Waals surface area contributed by atoms with Gasteiger partial charge in [-0.3, -0.25) is 10.1 Å². The molecule has 1 rings (SSSR count). The molecule has 0 atom stereocenters. The van der Waals surface area contributed by atoms with E-state index in [1.165, 1.54) is 13.2 Å². The molecule has 8 nitrogen and oxygen atoms in total. The summed E-state index contributed by atoms with van der Waals surface area (Å²) >= 11 is 6.16. The molecule has 3 N–H and O–H groups in total. The highest BCUT2D eigenvalue weighted by Crippen LogP contribution is 2.36. The molecule has 9 heteroatoms. The molecule has 25 heavy (non-hydrogen) atoms. The number of halogens is 1. The smallest absolute Gasteiger partial charge is 0.331 e. The van der Waals surface area contributed by atoms with Gasteiger partial charge >= 0.3 is 12.0 Å². The fraction of sp³-hybridized carbons (Fsp3) is 0.312. The third-order valence-electron chi connectivity index (χ3n) is 2.72. The van der Waals surface area contributed by atoms with Crippen molar-refractivity contribution in [3.8, 4) is 11.5 Å². The van der Waals surface area contributed by atoms with Gasteiger partial charge in [-0.05, 0) is 30.2 Å². The molecule has 1 aromatic rings. The number of ether oxygens (including phenoxy) is 3. The molecule has 0 saturated carbocycles. The van der Waals surface area contributed by atoms with E-state index in [0.29, 0.717) is 28.7 Å². The Kier molecular flexibility index (Phi) is 8.28. The van der Waals surface area contributed by atoms with Crippen LogP contribution in [0.4, 0.5) is 4.79 Å². The van der Waals surface area contributed by atoms with Crippen LogP contribution < -0.4 is 20.5 Å². The number of imide groups is 1. The third-order valence-corrected chi connectivity index (χ3v) is 3.00. The summed E-state index contributed by atoms with van der Waals surface area (Å²) in [7, 11) is 1.48. The zero-order valence-electron chi connectivity index (χ0n) is 13.8. The van der Waals surface area contributed by atoms with Crippen LogP contribution in [0.2, 0.25) is 5.02 Å². The average Bonchev–Trinajstić information content (AvgIpc) is 2.56. The minimum Gasteiger partial charge on any atom is -0.493 e. The van der Waals surface area contributed by atoms with Crippen LogP contribution in [0.1, 0.15) is 18.9 Å².